The summed E-state index contributed by atoms with van der Waals surface area (Å²) >= 11 is 0. The van der Waals surface area contributed by atoms with Crippen LogP contribution in [-0.4, -0.2) is 19.9 Å². The Morgan fingerprint density at radius 2 is 0.821 bits per heavy atom. The zero-order valence-electron chi connectivity index (χ0n) is 30.3. The molecule has 11 aromatic rings. The van der Waals surface area contributed by atoms with Gasteiger partial charge in [-0.2, -0.15) is 0 Å². The van der Waals surface area contributed by atoms with E-state index in [-0.39, 0.29) is 0 Å². The van der Waals surface area contributed by atoms with Crippen molar-refractivity contribution in [3.63, 3.8) is 0 Å². The van der Waals surface area contributed by atoms with Gasteiger partial charge in [-0.3, -0.25) is 4.98 Å². The highest BCUT2D eigenvalue weighted by molar-refractivity contribution is 6.33. The van der Waals surface area contributed by atoms with Gasteiger partial charge in [0.2, 0.25) is 0 Å². The molecule has 0 saturated carbocycles. The van der Waals surface area contributed by atoms with Gasteiger partial charge < -0.3 is 0 Å². The molecule has 0 saturated heterocycles. The molecule has 0 unspecified atom stereocenters. The first-order valence-electron chi connectivity index (χ1n) is 18.9. The zero-order valence-corrected chi connectivity index (χ0v) is 30.3. The van der Waals surface area contributed by atoms with Crippen molar-refractivity contribution in [2.24, 2.45) is 0 Å². The van der Waals surface area contributed by atoms with E-state index in [2.05, 4.69) is 145 Å². The third kappa shape index (κ3) is 5.31. The second kappa shape index (κ2) is 13.1. The molecule has 0 bridgehead atoms. The highest BCUT2D eigenvalue weighted by atomic mass is 15.0. The summed E-state index contributed by atoms with van der Waals surface area (Å²) in [5.74, 6) is 1.88. The van der Waals surface area contributed by atoms with Crippen LogP contribution in [0.5, 0.6) is 0 Å². The Hall–Kier alpha value is -7.56. The van der Waals surface area contributed by atoms with Gasteiger partial charge in [-0.25, -0.2) is 15.0 Å². The second-order valence-corrected chi connectivity index (χ2v) is 14.2. The van der Waals surface area contributed by atoms with Crippen molar-refractivity contribution < 1.29 is 0 Å². The number of nitrogens with zero attached hydrogens (tertiary/aromatic N) is 4. The van der Waals surface area contributed by atoms with Crippen LogP contribution in [0, 0.1) is 0 Å². The number of aromatic nitrogens is 4. The predicted octanol–water partition coefficient (Wildman–Crippen LogP) is 13.4. The Bertz CT molecular complexity index is 3230. The van der Waals surface area contributed by atoms with Gasteiger partial charge >= 0.3 is 0 Å². The fourth-order valence-electron chi connectivity index (χ4n) is 8.35. The van der Waals surface area contributed by atoms with E-state index in [4.69, 9.17) is 15.0 Å². The average Bonchev–Trinajstić information content (AvgIpc) is 3.29. The molecule has 9 aromatic carbocycles. The molecule has 4 nitrogen and oxygen atoms in total. The highest BCUT2D eigenvalue weighted by Gasteiger charge is 2.19. The summed E-state index contributed by atoms with van der Waals surface area (Å²) in [6.07, 6.45) is 3.72. The molecule has 0 aliphatic heterocycles. The van der Waals surface area contributed by atoms with E-state index >= 15 is 0 Å². The van der Waals surface area contributed by atoms with Crippen LogP contribution in [0.15, 0.2) is 194 Å². The van der Waals surface area contributed by atoms with Crippen molar-refractivity contribution in [2.75, 3.05) is 0 Å². The SMILES string of the molecule is c1ccc(-c2nc(-c3ccccc3)nc(-c3cc(-c4cc5c6ccccc6c6ccccc6c5c5ccccc45)cc4ccc(-c5cccnc5)cc34)n2)cc1. The van der Waals surface area contributed by atoms with Crippen molar-refractivity contribution in [2.45, 2.75) is 0 Å². The molecule has 0 aliphatic carbocycles. The van der Waals surface area contributed by atoms with Gasteiger partial charge in [0.25, 0.3) is 0 Å². The van der Waals surface area contributed by atoms with E-state index in [1.54, 1.807) is 0 Å². The van der Waals surface area contributed by atoms with Crippen LogP contribution in [0.2, 0.25) is 0 Å². The summed E-state index contributed by atoms with van der Waals surface area (Å²) in [6.45, 7) is 0. The Morgan fingerprint density at radius 3 is 1.46 bits per heavy atom. The van der Waals surface area contributed by atoms with E-state index in [0.717, 1.165) is 49.7 Å². The molecule has 2 heterocycles. The van der Waals surface area contributed by atoms with Gasteiger partial charge in [-0.15, -0.1) is 0 Å². The number of fused-ring (bicyclic) bond motifs is 9. The van der Waals surface area contributed by atoms with Crippen LogP contribution >= 0.6 is 0 Å². The fraction of sp³-hybridized carbons (Fsp3) is 0. The summed E-state index contributed by atoms with van der Waals surface area (Å²) in [6, 6.07) is 64.5. The first-order valence-corrected chi connectivity index (χ1v) is 18.9. The van der Waals surface area contributed by atoms with Crippen molar-refractivity contribution in [1.82, 2.24) is 19.9 Å². The molecule has 4 heteroatoms. The molecule has 0 spiro atoms. The van der Waals surface area contributed by atoms with Crippen LogP contribution in [-0.2, 0) is 0 Å². The van der Waals surface area contributed by atoms with E-state index in [1.165, 1.54) is 43.1 Å². The molecule has 56 heavy (non-hydrogen) atoms. The van der Waals surface area contributed by atoms with E-state index in [0.29, 0.717) is 17.5 Å². The molecular formula is C52H32N4. The molecule has 0 atom stereocenters. The molecule has 0 radical (unpaired) electrons. The van der Waals surface area contributed by atoms with Crippen LogP contribution < -0.4 is 0 Å². The summed E-state index contributed by atoms with van der Waals surface area (Å²) in [5.41, 5.74) is 7.19. The monoisotopic (exact) mass is 712 g/mol. The first-order chi connectivity index (χ1) is 27.8. The normalized spacial score (nSPS) is 11.6. The minimum Gasteiger partial charge on any atom is -0.264 e. The topological polar surface area (TPSA) is 51.6 Å². The quantitative estimate of drug-likeness (QED) is 0.167. The van der Waals surface area contributed by atoms with Crippen molar-refractivity contribution in [1.29, 1.82) is 0 Å². The van der Waals surface area contributed by atoms with Gasteiger partial charge in [0.15, 0.2) is 17.5 Å². The van der Waals surface area contributed by atoms with Gasteiger partial charge in [-0.1, -0.05) is 152 Å². The molecule has 0 N–H and O–H groups in total. The second-order valence-electron chi connectivity index (χ2n) is 14.2. The number of hydrogen-bond acceptors (Lipinski definition) is 4. The molecule has 11 rings (SSSR count). The Labute approximate surface area is 323 Å². The maximum absolute atomic E-state index is 5.24. The van der Waals surface area contributed by atoms with E-state index < -0.39 is 0 Å². The van der Waals surface area contributed by atoms with Gasteiger partial charge in [0, 0.05) is 34.6 Å². The maximum atomic E-state index is 5.24. The van der Waals surface area contributed by atoms with Crippen molar-refractivity contribution in [3.8, 4) is 56.4 Å². The third-order valence-electron chi connectivity index (χ3n) is 10.9. The number of pyridine rings is 1. The number of rotatable bonds is 5. The summed E-state index contributed by atoms with van der Waals surface area (Å²) in [5, 5.41) is 12.1. The summed E-state index contributed by atoms with van der Waals surface area (Å²) < 4.78 is 0. The lowest BCUT2D eigenvalue weighted by molar-refractivity contribution is 1.08. The van der Waals surface area contributed by atoms with Crippen molar-refractivity contribution in [3.05, 3.63) is 194 Å². The van der Waals surface area contributed by atoms with Crippen LogP contribution in [0.1, 0.15) is 0 Å². The Kier molecular flexibility index (Phi) is 7.46. The molecule has 0 fully saturated rings. The lowest BCUT2D eigenvalue weighted by atomic mass is 9.86. The summed E-state index contributed by atoms with van der Waals surface area (Å²) in [4.78, 5) is 19.9. The standard InChI is InChI=1S/C52H32N4/c1-3-14-33(15-4-1)50-54-51(34-16-5-2-6-17-34)56-52(55-50)48-30-38(28-36-26-25-35(29-45(36)48)37-18-13-27-53-32-37)46-31-47-41-21-8-7-19-39(41)40-20-9-11-23-43(40)49(47)44-24-12-10-22-42(44)46/h1-32H. The number of hydrogen-bond donors (Lipinski definition) is 0. The zero-order chi connectivity index (χ0) is 37.0. The maximum Gasteiger partial charge on any atom is 0.164 e. The lowest BCUT2D eigenvalue weighted by Gasteiger charge is -2.18. The molecule has 2 aromatic heterocycles. The molecule has 0 aliphatic rings. The smallest absolute Gasteiger partial charge is 0.164 e. The predicted molar refractivity (Wildman–Crippen MR) is 232 cm³/mol. The minimum absolute atomic E-state index is 0.620. The van der Waals surface area contributed by atoms with Gasteiger partial charge in [-0.05, 0) is 101 Å². The Morgan fingerprint density at radius 1 is 0.286 bits per heavy atom. The highest BCUT2D eigenvalue weighted by Crippen LogP contribution is 2.44. The first kappa shape index (κ1) is 31.9. The molecule has 0 amide bonds. The van der Waals surface area contributed by atoms with Gasteiger partial charge in [0.05, 0.1) is 0 Å². The molecule has 260 valence electrons. The van der Waals surface area contributed by atoms with Crippen LogP contribution in [0.3, 0.4) is 0 Å². The third-order valence-corrected chi connectivity index (χ3v) is 10.9. The van der Waals surface area contributed by atoms with E-state index in [1.807, 2.05) is 54.9 Å². The minimum atomic E-state index is 0.620. The average molecular weight is 713 g/mol. The largest absolute Gasteiger partial charge is 0.264 e. The van der Waals surface area contributed by atoms with Crippen molar-refractivity contribution >= 4 is 53.9 Å². The van der Waals surface area contributed by atoms with Crippen LogP contribution in [0.4, 0.5) is 0 Å². The lowest BCUT2D eigenvalue weighted by Crippen LogP contribution is -2.01. The summed E-state index contributed by atoms with van der Waals surface area (Å²) in [7, 11) is 0. The fourth-order valence-corrected chi connectivity index (χ4v) is 8.35. The number of benzene rings is 9. The molecular weight excluding hydrogens is 681 g/mol. The van der Waals surface area contributed by atoms with E-state index in [9.17, 15) is 0 Å². The Balaban J connectivity index is 1.24. The van der Waals surface area contributed by atoms with Gasteiger partial charge in [0.1, 0.15) is 0 Å². The van der Waals surface area contributed by atoms with Crippen LogP contribution in [0.25, 0.3) is 110 Å².